The molecule has 1 N–H and O–H groups in total. The Labute approximate surface area is 257 Å². The van der Waals surface area contributed by atoms with E-state index in [9.17, 15) is 18.0 Å². The number of sulfonamides is 1. The van der Waals surface area contributed by atoms with Crippen molar-refractivity contribution in [1.82, 2.24) is 10.2 Å². The second-order valence-corrected chi connectivity index (χ2v) is 13.0. The minimum Gasteiger partial charge on any atom is -0.495 e. The number of hydrogen-bond acceptors (Lipinski definition) is 5. The number of carbonyl (C=O) groups is 2. The molecule has 3 aromatic carbocycles. The normalized spacial score (nSPS) is 14.6. The van der Waals surface area contributed by atoms with Gasteiger partial charge in [-0.3, -0.25) is 13.9 Å². The molecule has 0 bridgehead atoms. The van der Waals surface area contributed by atoms with Crippen LogP contribution in [-0.4, -0.2) is 50.9 Å². The van der Waals surface area contributed by atoms with E-state index in [0.29, 0.717) is 5.02 Å². The number of methoxy groups -OCH3 is 1. The number of nitrogens with one attached hydrogen (secondary N) is 1. The number of carbonyl (C=O) groups excluding carboxylic acids is 2. The van der Waals surface area contributed by atoms with Crippen LogP contribution in [0.4, 0.5) is 5.69 Å². The lowest BCUT2D eigenvalue weighted by Gasteiger charge is -2.33. The summed E-state index contributed by atoms with van der Waals surface area (Å²) < 4.78 is 34.4. The molecule has 3 aromatic rings. The second kappa shape index (κ2) is 14.3. The van der Waals surface area contributed by atoms with Gasteiger partial charge in [0, 0.05) is 22.6 Å². The van der Waals surface area contributed by atoms with E-state index in [1.54, 1.807) is 61.5 Å². The van der Waals surface area contributed by atoms with Gasteiger partial charge in [0.1, 0.15) is 18.3 Å². The van der Waals surface area contributed by atoms with Crippen LogP contribution in [0.1, 0.15) is 44.6 Å². The molecule has 0 aromatic heterocycles. The summed E-state index contributed by atoms with van der Waals surface area (Å²) >= 11 is 12.4. The van der Waals surface area contributed by atoms with E-state index in [-0.39, 0.29) is 39.8 Å². The first-order valence-corrected chi connectivity index (χ1v) is 16.1. The second-order valence-electron chi connectivity index (χ2n) is 10.3. The van der Waals surface area contributed by atoms with Crippen molar-refractivity contribution in [2.24, 2.45) is 0 Å². The highest BCUT2D eigenvalue weighted by Crippen LogP contribution is 2.35. The summed E-state index contributed by atoms with van der Waals surface area (Å²) in [6, 6.07) is 18.5. The molecule has 4 rings (SSSR count). The monoisotopic (exact) mass is 631 g/mol. The van der Waals surface area contributed by atoms with E-state index in [1.165, 1.54) is 30.2 Å². The fourth-order valence-corrected chi connectivity index (χ4v) is 6.76. The first-order valence-electron chi connectivity index (χ1n) is 13.9. The highest BCUT2D eigenvalue weighted by atomic mass is 35.5. The van der Waals surface area contributed by atoms with Crippen LogP contribution in [0, 0.1) is 0 Å². The molecule has 0 saturated heterocycles. The molecule has 0 radical (unpaired) electrons. The summed E-state index contributed by atoms with van der Waals surface area (Å²) in [5.41, 5.74) is 0.843. The number of hydrogen-bond donors (Lipinski definition) is 1. The van der Waals surface area contributed by atoms with Crippen LogP contribution in [0.3, 0.4) is 0 Å². The minimum absolute atomic E-state index is 0.00725. The van der Waals surface area contributed by atoms with Gasteiger partial charge in [0.15, 0.2) is 0 Å². The summed E-state index contributed by atoms with van der Waals surface area (Å²) in [7, 11) is -2.84. The molecule has 0 spiro atoms. The number of nitrogens with zero attached hydrogens (tertiary/aromatic N) is 2. The summed E-state index contributed by atoms with van der Waals surface area (Å²) in [6.45, 7) is 1.13. The van der Waals surface area contributed by atoms with E-state index < -0.39 is 28.5 Å². The number of ether oxygens (including phenoxy) is 1. The van der Waals surface area contributed by atoms with Crippen LogP contribution < -0.4 is 14.4 Å². The van der Waals surface area contributed by atoms with Crippen molar-refractivity contribution in [2.75, 3.05) is 18.0 Å². The molecule has 0 unspecified atom stereocenters. The molecule has 1 fully saturated rings. The fourth-order valence-electron chi connectivity index (χ4n) is 5.03. The summed E-state index contributed by atoms with van der Waals surface area (Å²) in [4.78, 5) is 29.0. The van der Waals surface area contributed by atoms with Gasteiger partial charge in [-0.05, 0) is 67.8 Å². The smallest absolute Gasteiger partial charge is 0.264 e. The van der Waals surface area contributed by atoms with Crippen LogP contribution in [0.2, 0.25) is 10.0 Å². The molecule has 11 heteroatoms. The van der Waals surface area contributed by atoms with E-state index in [4.69, 9.17) is 27.9 Å². The van der Waals surface area contributed by atoms with Crippen molar-refractivity contribution < 1.29 is 22.7 Å². The lowest BCUT2D eigenvalue weighted by atomic mass is 9.95. The summed E-state index contributed by atoms with van der Waals surface area (Å²) in [5, 5.41) is 3.90. The SMILES string of the molecule is COc1ccc(Cl)cc1N(CC(=O)N(Cc1ccc(Cl)cc1)[C@@H](C)C(=O)NC1CCCCC1)S(=O)(=O)c1ccccc1. The predicted molar refractivity (Wildman–Crippen MR) is 165 cm³/mol. The van der Waals surface area contributed by atoms with E-state index in [1.807, 2.05) is 0 Å². The fraction of sp³-hybridized carbons (Fsp3) is 0.355. The molecule has 2 amide bonds. The van der Waals surface area contributed by atoms with E-state index >= 15 is 0 Å². The number of benzene rings is 3. The van der Waals surface area contributed by atoms with Crippen molar-refractivity contribution in [3.8, 4) is 5.75 Å². The average Bonchev–Trinajstić information content (AvgIpc) is 3.00. The Hall–Kier alpha value is -3.27. The Morgan fingerprint density at radius 3 is 2.24 bits per heavy atom. The highest BCUT2D eigenvalue weighted by molar-refractivity contribution is 7.92. The Morgan fingerprint density at radius 1 is 0.952 bits per heavy atom. The van der Waals surface area contributed by atoms with Crippen molar-refractivity contribution in [1.29, 1.82) is 0 Å². The van der Waals surface area contributed by atoms with Crippen LogP contribution in [0.5, 0.6) is 5.75 Å². The topological polar surface area (TPSA) is 96.0 Å². The number of anilines is 1. The zero-order chi connectivity index (χ0) is 30.3. The molecule has 1 saturated carbocycles. The van der Waals surface area contributed by atoms with Crippen molar-refractivity contribution >= 4 is 50.7 Å². The molecule has 1 atom stereocenters. The third kappa shape index (κ3) is 7.76. The lowest BCUT2D eigenvalue weighted by molar-refractivity contribution is -0.139. The van der Waals surface area contributed by atoms with Gasteiger partial charge < -0.3 is 15.0 Å². The molecule has 1 aliphatic rings. The maximum atomic E-state index is 14.1. The highest BCUT2D eigenvalue weighted by Gasteiger charge is 2.34. The molecule has 1 aliphatic carbocycles. The zero-order valence-corrected chi connectivity index (χ0v) is 26.0. The van der Waals surface area contributed by atoms with Crippen molar-refractivity contribution in [3.63, 3.8) is 0 Å². The minimum atomic E-state index is -4.25. The summed E-state index contributed by atoms with van der Waals surface area (Å²) in [5.74, 6) is -0.640. The van der Waals surface area contributed by atoms with Gasteiger partial charge in [-0.25, -0.2) is 8.42 Å². The van der Waals surface area contributed by atoms with Gasteiger partial charge in [0.05, 0.1) is 17.7 Å². The van der Waals surface area contributed by atoms with Gasteiger partial charge in [0.25, 0.3) is 10.0 Å². The average molecular weight is 633 g/mol. The third-order valence-corrected chi connectivity index (χ3v) is 9.67. The third-order valence-electron chi connectivity index (χ3n) is 7.40. The largest absolute Gasteiger partial charge is 0.495 e. The maximum Gasteiger partial charge on any atom is 0.264 e. The van der Waals surface area contributed by atoms with Gasteiger partial charge in [0.2, 0.25) is 11.8 Å². The zero-order valence-electron chi connectivity index (χ0n) is 23.6. The van der Waals surface area contributed by atoms with Gasteiger partial charge in [-0.1, -0.05) is 72.8 Å². The Kier molecular flexibility index (Phi) is 10.8. The van der Waals surface area contributed by atoms with Crippen molar-refractivity contribution in [3.05, 3.63) is 88.4 Å². The lowest BCUT2D eigenvalue weighted by Crippen LogP contribution is -2.53. The Bertz CT molecular complexity index is 1480. The van der Waals surface area contributed by atoms with Crippen LogP contribution in [0.15, 0.2) is 77.7 Å². The maximum absolute atomic E-state index is 14.1. The van der Waals surface area contributed by atoms with Gasteiger partial charge >= 0.3 is 0 Å². The standard InChI is InChI=1S/C31H35Cl2N3O5S/c1-22(31(38)34-26-9-5-3-6-10-26)35(20-23-13-15-24(32)16-14-23)30(37)21-36(28-19-25(33)17-18-29(28)41-2)42(39,40)27-11-7-4-8-12-27/h4,7-8,11-19,22,26H,3,5-6,9-10,20-21H2,1-2H3,(H,34,38)/t22-/m0/s1. The van der Waals surface area contributed by atoms with Gasteiger partial charge in [-0.2, -0.15) is 0 Å². The van der Waals surface area contributed by atoms with Crippen LogP contribution >= 0.6 is 23.2 Å². The van der Waals surface area contributed by atoms with E-state index in [0.717, 1.165) is 42.0 Å². The van der Waals surface area contributed by atoms with Crippen LogP contribution in [-0.2, 0) is 26.2 Å². The van der Waals surface area contributed by atoms with Crippen LogP contribution in [0.25, 0.3) is 0 Å². The molecule has 0 heterocycles. The Balaban J connectivity index is 1.71. The van der Waals surface area contributed by atoms with Gasteiger partial charge in [-0.15, -0.1) is 0 Å². The van der Waals surface area contributed by atoms with Crippen molar-refractivity contribution in [2.45, 2.75) is 62.6 Å². The van der Waals surface area contributed by atoms with E-state index in [2.05, 4.69) is 5.32 Å². The Morgan fingerprint density at radius 2 is 1.60 bits per heavy atom. The predicted octanol–water partition coefficient (Wildman–Crippen LogP) is 6.06. The molecule has 224 valence electrons. The number of halogens is 2. The molecule has 8 nitrogen and oxygen atoms in total. The first kappa shape index (κ1) is 31.7. The molecular formula is C31H35Cl2N3O5S. The molecule has 42 heavy (non-hydrogen) atoms. The first-order chi connectivity index (χ1) is 20.1. The molecular weight excluding hydrogens is 597 g/mol. The number of rotatable bonds is 11. The quantitative estimate of drug-likeness (QED) is 0.277. The molecule has 0 aliphatic heterocycles. The summed E-state index contributed by atoms with van der Waals surface area (Å²) in [6.07, 6.45) is 5.01. The number of amides is 2.